The van der Waals surface area contributed by atoms with Crippen molar-refractivity contribution in [1.29, 1.82) is 0 Å². The van der Waals surface area contributed by atoms with Crippen LogP contribution >= 0.6 is 0 Å². The highest BCUT2D eigenvalue weighted by molar-refractivity contribution is 6.25. The van der Waals surface area contributed by atoms with Crippen molar-refractivity contribution < 1.29 is 19.2 Å². The number of imidazole rings is 1. The van der Waals surface area contributed by atoms with E-state index in [1.165, 1.54) is 0 Å². The number of hydrogen-bond donors (Lipinski definition) is 2. The summed E-state index contributed by atoms with van der Waals surface area (Å²) in [5.74, 6) is 0.443. The molecule has 0 spiro atoms. The molecule has 2 N–H and O–H groups in total. The van der Waals surface area contributed by atoms with Crippen LogP contribution in [0.3, 0.4) is 0 Å². The number of hydrogen-bond acceptors (Lipinski definition) is 6. The highest BCUT2D eigenvalue weighted by Gasteiger charge is 2.45. The van der Waals surface area contributed by atoms with Crippen molar-refractivity contribution in [1.82, 2.24) is 19.8 Å². The minimum absolute atomic E-state index is 0.0919. The van der Waals surface area contributed by atoms with Gasteiger partial charge in [0.2, 0.25) is 11.8 Å². The van der Waals surface area contributed by atoms with Gasteiger partial charge in [-0.25, -0.2) is 4.98 Å². The molecule has 9 nitrogen and oxygen atoms in total. The van der Waals surface area contributed by atoms with Gasteiger partial charge in [-0.3, -0.25) is 29.4 Å². The lowest BCUT2D eigenvalue weighted by Gasteiger charge is -2.27. The summed E-state index contributed by atoms with van der Waals surface area (Å²) in [6.07, 6.45) is 10.7. The Kier molecular flexibility index (Phi) is 5.54. The van der Waals surface area contributed by atoms with Crippen molar-refractivity contribution in [2.45, 2.75) is 38.3 Å². The first kappa shape index (κ1) is 20.3. The molecule has 1 atom stereocenters. The number of anilines is 1. The molecule has 2 aromatic rings. The number of amides is 4. The molecule has 3 heterocycles. The number of carbonyl (C=O) groups is 4. The minimum Gasteiger partial charge on any atom is -0.384 e. The van der Waals surface area contributed by atoms with Crippen LogP contribution in [-0.2, 0) is 16.1 Å². The Morgan fingerprint density at radius 2 is 2.03 bits per heavy atom. The average molecular weight is 419 g/mol. The maximum Gasteiger partial charge on any atom is 0.264 e. The number of terminal acetylenes is 1. The van der Waals surface area contributed by atoms with Crippen molar-refractivity contribution >= 4 is 29.3 Å². The average Bonchev–Trinajstić information content (AvgIpc) is 3.32. The lowest BCUT2D eigenvalue weighted by Crippen LogP contribution is -2.54. The predicted octanol–water partition coefficient (Wildman–Crippen LogP) is 1.16. The molecule has 158 valence electrons. The molecule has 1 fully saturated rings. The van der Waals surface area contributed by atoms with Crippen LogP contribution in [-0.4, -0.2) is 50.7 Å². The summed E-state index contributed by atoms with van der Waals surface area (Å²) in [4.78, 5) is 54.5. The van der Waals surface area contributed by atoms with E-state index in [0.29, 0.717) is 17.9 Å². The summed E-state index contributed by atoms with van der Waals surface area (Å²) in [7, 11) is 0. The van der Waals surface area contributed by atoms with Gasteiger partial charge in [-0.05, 0) is 37.3 Å². The molecule has 2 aliphatic rings. The van der Waals surface area contributed by atoms with Crippen LogP contribution in [0.25, 0.3) is 0 Å². The number of fused-ring (bicyclic) bond motifs is 1. The zero-order chi connectivity index (χ0) is 22.0. The molecule has 0 radical (unpaired) electrons. The lowest BCUT2D eigenvalue weighted by atomic mass is 10.0. The van der Waals surface area contributed by atoms with E-state index in [1.807, 2.05) is 10.8 Å². The fraction of sp³-hybridized carbons (Fsp3) is 0.318. The van der Waals surface area contributed by atoms with E-state index >= 15 is 0 Å². The maximum atomic E-state index is 13.0. The van der Waals surface area contributed by atoms with Gasteiger partial charge in [0.15, 0.2) is 0 Å². The van der Waals surface area contributed by atoms with Crippen LogP contribution in [0.4, 0.5) is 5.69 Å². The van der Waals surface area contributed by atoms with Gasteiger partial charge in [0.1, 0.15) is 11.7 Å². The molecule has 0 saturated carbocycles. The van der Waals surface area contributed by atoms with Gasteiger partial charge in [-0.15, -0.1) is 6.42 Å². The molecule has 4 amide bonds. The molecule has 4 rings (SSSR count). The molecule has 0 aliphatic carbocycles. The molecule has 1 saturated heterocycles. The number of aryl methyl sites for hydroxylation is 1. The van der Waals surface area contributed by atoms with Crippen LogP contribution in [0, 0.1) is 12.3 Å². The smallest absolute Gasteiger partial charge is 0.264 e. The van der Waals surface area contributed by atoms with Crippen LogP contribution in [0.2, 0.25) is 0 Å². The van der Waals surface area contributed by atoms with Gasteiger partial charge in [0, 0.05) is 31.4 Å². The highest BCUT2D eigenvalue weighted by Crippen LogP contribution is 2.32. The number of nitrogens with one attached hydrogen (secondary N) is 2. The Morgan fingerprint density at radius 3 is 2.77 bits per heavy atom. The van der Waals surface area contributed by atoms with E-state index < -0.39 is 29.7 Å². The molecule has 1 aromatic heterocycles. The number of aromatic nitrogens is 2. The Balaban J connectivity index is 1.39. The molecule has 1 unspecified atom stereocenters. The zero-order valence-electron chi connectivity index (χ0n) is 16.8. The third-order valence-electron chi connectivity index (χ3n) is 5.41. The third-order valence-corrected chi connectivity index (χ3v) is 5.41. The summed E-state index contributed by atoms with van der Waals surface area (Å²) >= 11 is 0. The molecule has 9 heteroatoms. The number of benzene rings is 1. The fourth-order valence-electron chi connectivity index (χ4n) is 3.86. The predicted molar refractivity (Wildman–Crippen MR) is 111 cm³/mol. The normalized spacial score (nSPS) is 18.0. The van der Waals surface area contributed by atoms with E-state index in [-0.39, 0.29) is 24.0 Å². The second-order valence-electron chi connectivity index (χ2n) is 7.45. The minimum atomic E-state index is -0.971. The number of piperidine rings is 1. The first-order chi connectivity index (χ1) is 15.0. The standard InChI is InChI=1S/C22H21N5O4/c1-2-14-12-26(13-24-14)11-4-3-10-23-16-7-5-6-15-19(16)22(31)27(21(15)30)17-8-9-18(28)25-20(17)29/h1,5-7,12-13,17,23H,3-4,8-11H2,(H,25,28,29). The van der Waals surface area contributed by atoms with Gasteiger partial charge < -0.3 is 9.88 Å². The second kappa shape index (κ2) is 8.44. The molecule has 2 aliphatic heterocycles. The topological polar surface area (TPSA) is 113 Å². The largest absolute Gasteiger partial charge is 0.384 e. The van der Waals surface area contributed by atoms with Gasteiger partial charge in [0.25, 0.3) is 11.8 Å². The van der Waals surface area contributed by atoms with E-state index in [2.05, 4.69) is 21.5 Å². The molecule has 0 bridgehead atoms. The highest BCUT2D eigenvalue weighted by atomic mass is 16.2. The molecular formula is C22H21N5O4. The summed E-state index contributed by atoms with van der Waals surface area (Å²) in [6, 6.07) is 4.05. The zero-order valence-corrected chi connectivity index (χ0v) is 16.8. The van der Waals surface area contributed by atoms with Gasteiger partial charge in [-0.2, -0.15) is 0 Å². The third kappa shape index (κ3) is 3.92. The summed E-state index contributed by atoms with van der Waals surface area (Å²) in [5, 5.41) is 5.43. The van der Waals surface area contributed by atoms with Crippen LogP contribution in [0.5, 0.6) is 0 Å². The van der Waals surface area contributed by atoms with E-state index in [4.69, 9.17) is 6.42 Å². The first-order valence-electron chi connectivity index (χ1n) is 10.1. The Bertz CT molecular complexity index is 1110. The molecule has 31 heavy (non-hydrogen) atoms. The Hall–Kier alpha value is -3.93. The lowest BCUT2D eigenvalue weighted by molar-refractivity contribution is -0.136. The first-order valence-corrected chi connectivity index (χ1v) is 10.1. The number of imide groups is 2. The second-order valence-corrected chi connectivity index (χ2v) is 7.45. The van der Waals surface area contributed by atoms with Gasteiger partial charge >= 0.3 is 0 Å². The van der Waals surface area contributed by atoms with E-state index in [0.717, 1.165) is 24.3 Å². The Labute approximate surface area is 178 Å². The molecule has 1 aromatic carbocycles. The summed E-state index contributed by atoms with van der Waals surface area (Å²) in [6.45, 7) is 1.37. The SMILES string of the molecule is C#Cc1cn(CCCCNc2cccc3c2C(=O)N(C2CCC(=O)NC2=O)C3=O)cn1. The van der Waals surface area contributed by atoms with Crippen LogP contribution in [0.15, 0.2) is 30.7 Å². The van der Waals surface area contributed by atoms with Crippen molar-refractivity contribution in [2.24, 2.45) is 0 Å². The van der Waals surface area contributed by atoms with Crippen molar-refractivity contribution in [2.75, 3.05) is 11.9 Å². The molecular weight excluding hydrogens is 398 g/mol. The summed E-state index contributed by atoms with van der Waals surface area (Å²) in [5.41, 5.74) is 1.69. The van der Waals surface area contributed by atoms with Crippen molar-refractivity contribution in [3.05, 3.63) is 47.5 Å². The number of rotatable bonds is 7. The number of nitrogens with zero attached hydrogens (tertiary/aromatic N) is 3. The van der Waals surface area contributed by atoms with E-state index in [1.54, 1.807) is 24.5 Å². The maximum absolute atomic E-state index is 13.0. The Morgan fingerprint density at radius 1 is 1.19 bits per heavy atom. The summed E-state index contributed by atoms with van der Waals surface area (Å²) < 4.78 is 1.93. The van der Waals surface area contributed by atoms with Gasteiger partial charge in [-0.1, -0.05) is 6.07 Å². The van der Waals surface area contributed by atoms with Crippen LogP contribution < -0.4 is 10.6 Å². The van der Waals surface area contributed by atoms with Crippen molar-refractivity contribution in [3.63, 3.8) is 0 Å². The number of carbonyl (C=O) groups excluding carboxylic acids is 4. The monoisotopic (exact) mass is 419 g/mol. The van der Waals surface area contributed by atoms with Crippen LogP contribution in [0.1, 0.15) is 52.1 Å². The quantitative estimate of drug-likeness (QED) is 0.396. The van der Waals surface area contributed by atoms with E-state index in [9.17, 15) is 19.2 Å². The fourth-order valence-corrected chi connectivity index (χ4v) is 3.86. The number of unbranched alkanes of at least 4 members (excludes halogenated alkanes) is 1. The van der Waals surface area contributed by atoms with Gasteiger partial charge in [0.05, 0.1) is 17.5 Å². The van der Waals surface area contributed by atoms with Crippen molar-refractivity contribution in [3.8, 4) is 12.3 Å².